The lowest BCUT2D eigenvalue weighted by Crippen LogP contribution is -1.97. The van der Waals surface area contributed by atoms with Crippen LogP contribution in [0, 0.1) is 5.82 Å². The molecule has 0 aliphatic rings. The van der Waals surface area contributed by atoms with Crippen LogP contribution in [0.25, 0.3) is 0 Å². The predicted octanol–water partition coefficient (Wildman–Crippen LogP) is 3.40. The molecule has 1 heterocycles. The van der Waals surface area contributed by atoms with Gasteiger partial charge in [0.15, 0.2) is 0 Å². The number of nitrogens with one attached hydrogen (secondary N) is 1. The molecule has 0 aliphatic carbocycles. The molecular weight excluding hydrogens is 257 g/mol. The summed E-state index contributed by atoms with van der Waals surface area (Å²) in [5.41, 5.74) is 0.950. The fourth-order valence-corrected chi connectivity index (χ4v) is 2.85. The molecule has 0 fully saturated rings. The van der Waals surface area contributed by atoms with E-state index in [9.17, 15) is 4.39 Å². The molecule has 1 aromatic heterocycles. The lowest BCUT2D eigenvalue weighted by molar-refractivity contribution is 0.626. The molecule has 0 saturated heterocycles. The van der Waals surface area contributed by atoms with Crippen molar-refractivity contribution in [1.29, 1.82) is 0 Å². The second-order valence-electron chi connectivity index (χ2n) is 3.32. The zero-order valence-electron chi connectivity index (χ0n) is 9.31. The Morgan fingerprint density at radius 2 is 2.12 bits per heavy atom. The van der Waals surface area contributed by atoms with E-state index in [1.54, 1.807) is 23.9 Å². The van der Waals surface area contributed by atoms with E-state index in [4.69, 9.17) is 0 Å². The highest BCUT2D eigenvalue weighted by Crippen LogP contribution is 2.27. The normalized spacial score (nSPS) is 10.5. The molecule has 0 unspecified atom stereocenters. The van der Waals surface area contributed by atoms with Gasteiger partial charge in [0.05, 0.1) is 0 Å². The van der Waals surface area contributed by atoms with Crippen molar-refractivity contribution in [2.75, 3.05) is 11.9 Å². The number of anilines is 1. The summed E-state index contributed by atoms with van der Waals surface area (Å²) in [6.07, 6.45) is 0. The first-order valence-corrected chi connectivity index (χ1v) is 6.99. The van der Waals surface area contributed by atoms with Crippen LogP contribution in [-0.2, 0) is 5.75 Å². The van der Waals surface area contributed by atoms with Crippen LogP contribution in [0.3, 0.4) is 0 Å². The highest BCUT2D eigenvalue weighted by atomic mass is 32.2. The Balaban J connectivity index is 1.97. The number of hydrogen-bond acceptors (Lipinski definition) is 5. The van der Waals surface area contributed by atoms with E-state index >= 15 is 0 Å². The van der Waals surface area contributed by atoms with Gasteiger partial charge in [-0.2, -0.15) is 0 Å². The number of aromatic nitrogens is 2. The van der Waals surface area contributed by atoms with Crippen molar-refractivity contribution in [2.45, 2.75) is 17.6 Å². The molecule has 1 N–H and O–H groups in total. The summed E-state index contributed by atoms with van der Waals surface area (Å²) in [7, 11) is 0. The number of hydrogen-bond donors (Lipinski definition) is 1. The molecule has 0 radical (unpaired) electrons. The third-order valence-corrected chi connectivity index (χ3v) is 3.83. The van der Waals surface area contributed by atoms with Crippen molar-refractivity contribution in [3.63, 3.8) is 0 Å². The third-order valence-electron chi connectivity index (χ3n) is 2.08. The quantitative estimate of drug-likeness (QED) is 0.844. The van der Waals surface area contributed by atoms with Crippen molar-refractivity contribution in [3.05, 3.63) is 35.8 Å². The molecule has 2 rings (SSSR count). The highest BCUT2D eigenvalue weighted by molar-refractivity contribution is 7.98. The lowest BCUT2D eigenvalue weighted by atomic mass is 10.4. The number of nitrogens with zero attached hydrogens (tertiary/aromatic N) is 2. The maximum Gasteiger partial charge on any atom is 0.134 e. The van der Waals surface area contributed by atoms with E-state index in [2.05, 4.69) is 14.9 Å². The Hall–Kier alpha value is -1.14. The molecule has 17 heavy (non-hydrogen) atoms. The van der Waals surface area contributed by atoms with Crippen molar-refractivity contribution in [2.24, 2.45) is 0 Å². The zero-order valence-corrected chi connectivity index (χ0v) is 10.9. The molecule has 0 saturated carbocycles. The van der Waals surface area contributed by atoms with Crippen LogP contribution in [0.5, 0.6) is 0 Å². The van der Waals surface area contributed by atoms with Crippen LogP contribution in [0.15, 0.2) is 29.2 Å². The Morgan fingerprint density at radius 3 is 2.82 bits per heavy atom. The van der Waals surface area contributed by atoms with Gasteiger partial charge in [-0.1, -0.05) is 4.49 Å². The maximum absolute atomic E-state index is 12.7. The Bertz CT molecular complexity index is 470. The predicted molar refractivity (Wildman–Crippen MR) is 70.0 cm³/mol. The average molecular weight is 269 g/mol. The molecule has 2 aromatic rings. The molecule has 0 aliphatic heterocycles. The molecule has 6 heteroatoms. The third kappa shape index (κ3) is 3.41. The molecular formula is C11H12FN3S2. The first-order chi connectivity index (χ1) is 8.29. The van der Waals surface area contributed by atoms with E-state index in [0.29, 0.717) is 0 Å². The summed E-state index contributed by atoms with van der Waals surface area (Å²) in [4.78, 5) is 1.03. The van der Waals surface area contributed by atoms with Gasteiger partial charge in [0.2, 0.25) is 0 Å². The summed E-state index contributed by atoms with van der Waals surface area (Å²) >= 11 is 2.99. The smallest absolute Gasteiger partial charge is 0.134 e. The van der Waals surface area contributed by atoms with Gasteiger partial charge in [0, 0.05) is 28.7 Å². The molecule has 0 spiro atoms. The monoisotopic (exact) mass is 269 g/mol. The van der Waals surface area contributed by atoms with Crippen LogP contribution >= 0.6 is 23.3 Å². The average Bonchev–Trinajstić information content (AvgIpc) is 2.77. The molecule has 90 valence electrons. The van der Waals surface area contributed by atoms with Crippen LogP contribution in [0.2, 0.25) is 0 Å². The highest BCUT2D eigenvalue weighted by Gasteiger charge is 2.07. The minimum atomic E-state index is -0.210. The van der Waals surface area contributed by atoms with E-state index in [1.807, 2.05) is 6.92 Å². The summed E-state index contributed by atoms with van der Waals surface area (Å²) in [6.45, 7) is 2.90. The van der Waals surface area contributed by atoms with Gasteiger partial charge in [0.25, 0.3) is 0 Å². The number of benzene rings is 1. The summed E-state index contributed by atoms with van der Waals surface area (Å²) in [5, 5.41) is 8.32. The topological polar surface area (TPSA) is 37.8 Å². The van der Waals surface area contributed by atoms with Gasteiger partial charge in [-0.05, 0) is 31.2 Å². The number of rotatable bonds is 5. The van der Waals surface area contributed by atoms with E-state index < -0.39 is 0 Å². The van der Waals surface area contributed by atoms with E-state index in [1.165, 1.54) is 23.7 Å². The van der Waals surface area contributed by atoms with Crippen LogP contribution in [0.4, 0.5) is 9.39 Å². The first kappa shape index (κ1) is 12.3. The van der Waals surface area contributed by atoms with Crippen LogP contribution in [0.1, 0.15) is 12.6 Å². The Labute approximate surface area is 108 Å². The van der Waals surface area contributed by atoms with Crippen molar-refractivity contribution in [3.8, 4) is 0 Å². The van der Waals surface area contributed by atoms with Crippen molar-refractivity contribution >= 4 is 28.3 Å². The summed E-state index contributed by atoms with van der Waals surface area (Å²) in [5.74, 6) is 0.530. The zero-order chi connectivity index (χ0) is 12.1. The number of thioether (sulfide) groups is 1. The van der Waals surface area contributed by atoms with Gasteiger partial charge in [-0.15, -0.1) is 16.9 Å². The minimum Gasteiger partial charge on any atom is -0.374 e. The van der Waals surface area contributed by atoms with Crippen LogP contribution < -0.4 is 5.32 Å². The summed E-state index contributed by atoms with van der Waals surface area (Å²) < 4.78 is 16.6. The molecule has 1 aromatic carbocycles. The number of halogens is 1. The first-order valence-electron chi connectivity index (χ1n) is 5.23. The molecule has 0 atom stereocenters. The fraction of sp³-hybridized carbons (Fsp3) is 0.273. The molecule has 0 amide bonds. The molecule has 0 bridgehead atoms. The van der Waals surface area contributed by atoms with Gasteiger partial charge >= 0.3 is 0 Å². The maximum atomic E-state index is 12.7. The largest absolute Gasteiger partial charge is 0.374 e. The minimum absolute atomic E-state index is 0.210. The standard InChI is InChI=1S/C11H12FN3S2/c1-2-13-11-10(14-15-17-11)7-16-9-5-3-8(12)4-6-9/h3-6,13H,2,7H2,1H3. The second-order valence-corrected chi connectivity index (χ2v) is 5.12. The van der Waals surface area contributed by atoms with E-state index in [-0.39, 0.29) is 5.82 Å². The lowest BCUT2D eigenvalue weighted by Gasteiger charge is -2.02. The second kappa shape index (κ2) is 5.97. The Morgan fingerprint density at radius 1 is 1.35 bits per heavy atom. The van der Waals surface area contributed by atoms with Gasteiger partial charge < -0.3 is 5.32 Å². The fourth-order valence-electron chi connectivity index (χ4n) is 1.28. The van der Waals surface area contributed by atoms with Crippen molar-refractivity contribution in [1.82, 2.24) is 9.59 Å². The van der Waals surface area contributed by atoms with Gasteiger partial charge in [-0.25, -0.2) is 4.39 Å². The van der Waals surface area contributed by atoms with Gasteiger partial charge in [0.1, 0.15) is 16.5 Å². The van der Waals surface area contributed by atoms with Crippen molar-refractivity contribution < 1.29 is 4.39 Å². The van der Waals surface area contributed by atoms with Gasteiger partial charge in [-0.3, -0.25) is 0 Å². The van der Waals surface area contributed by atoms with Crippen LogP contribution in [-0.4, -0.2) is 16.1 Å². The van der Waals surface area contributed by atoms with E-state index in [0.717, 1.165) is 27.9 Å². The summed E-state index contributed by atoms with van der Waals surface area (Å²) in [6, 6.07) is 6.47. The Kier molecular flexibility index (Phi) is 4.33. The SMILES string of the molecule is CCNc1snnc1CSc1ccc(F)cc1. The molecule has 3 nitrogen and oxygen atoms in total.